The van der Waals surface area contributed by atoms with Crippen LogP contribution in [0, 0.1) is 17.8 Å². The third-order valence-electron chi connectivity index (χ3n) is 7.99. The Morgan fingerprint density at radius 2 is 1.60 bits per heavy atom. The zero-order chi connectivity index (χ0) is 24.6. The number of benzene rings is 2. The lowest BCUT2D eigenvalue weighted by atomic mass is 9.48. The van der Waals surface area contributed by atoms with E-state index in [9.17, 15) is 14.7 Å². The standard InChI is InChI=1S/C28H32O7/c1-17(32-2)33-16-34-25-23(28-13-18-10-19(14-28)12-20(11-18)15-28)9-8-22(26(29)30)24(25)35-27(31)21-6-4-3-5-7-21/h3-9,17-20H,10-16H2,1-2H3,(H,29,30). The Morgan fingerprint density at radius 1 is 0.971 bits per heavy atom. The average molecular weight is 481 g/mol. The molecular weight excluding hydrogens is 448 g/mol. The monoisotopic (exact) mass is 480 g/mol. The van der Waals surface area contributed by atoms with Crippen LogP contribution in [0.15, 0.2) is 42.5 Å². The lowest BCUT2D eigenvalue weighted by Crippen LogP contribution is -2.48. The van der Waals surface area contributed by atoms with Crippen molar-refractivity contribution in [2.75, 3.05) is 13.9 Å². The molecule has 4 saturated carbocycles. The van der Waals surface area contributed by atoms with Gasteiger partial charge in [-0.05, 0) is 86.8 Å². The molecule has 1 unspecified atom stereocenters. The molecule has 0 aromatic heterocycles. The molecule has 4 aliphatic carbocycles. The summed E-state index contributed by atoms with van der Waals surface area (Å²) in [5.74, 6) is 0.434. The van der Waals surface area contributed by atoms with Gasteiger partial charge >= 0.3 is 11.9 Å². The first-order valence-electron chi connectivity index (χ1n) is 12.3. The molecule has 0 saturated heterocycles. The molecule has 4 aliphatic rings. The van der Waals surface area contributed by atoms with Crippen molar-refractivity contribution in [1.82, 2.24) is 0 Å². The summed E-state index contributed by atoms with van der Waals surface area (Å²) >= 11 is 0. The van der Waals surface area contributed by atoms with E-state index >= 15 is 0 Å². The third kappa shape index (κ3) is 4.67. The van der Waals surface area contributed by atoms with Crippen LogP contribution in [-0.4, -0.2) is 37.2 Å². The fourth-order valence-electron chi connectivity index (χ4n) is 6.82. The molecule has 1 N–H and O–H groups in total. The highest BCUT2D eigenvalue weighted by Gasteiger charge is 2.53. The SMILES string of the molecule is COC(C)OCOc1c(C23CC4CC(CC(C4)C2)C3)ccc(C(=O)O)c1OC(=O)c1ccccc1. The normalized spacial score (nSPS) is 27.4. The fourth-order valence-corrected chi connectivity index (χ4v) is 6.82. The molecule has 2 aromatic carbocycles. The summed E-state index contributed by atoms with van der Waals surface area (Å²) in [5, 5.41) is 9.95. The van der Waals surface area contributed by atoms with Crippen molar-refractivity contribution in [1.29, 1.82) is 0 Å². The minimum Gasteiger partial charge on any atom is -0.478 e. The van der Waals surface area contributed by atoms with Gasteiger partial charge in [-0.25, -0.2) is 9.59 Å². The number of methoxy groups -OCH3 is 1. The topological polar surface area (TPSA) is 91.3 Å². The lowest BCUT2D eigenvalue weighted by molar-refractivity contribution is -0.150. The molecule has 0 heterocycles. The Kier molecular flexibility index (Phi) is 6.55. The summed E-state index contributed by atoms with van der Waals surface area (Å²) in [5.41, 5.74) is 1.03. The van der Waals surface area contributed by atoms with Crippen molar-refractivity contribution >= 4 is 11.9 Å². The van der Waals surface area contributed by atoms with Crippen LogP contribution in [0.25, 0.3) is 0 Å². The van der Waals surface area contributed by atoms with E-state index in [2.05, 4.69) is 0 Å². The number of esters is 1. The van der Waals surface area contributed by atoms with Gasteiger partial charge in [0.15, 0.2) is 24.6 Å². The third-order valence-corrected chi connectivity index (χ3v) is 7.99. The Bertz CT molecular complexity index is 1060. The highest BCUT2D eigenvalue weighted by molar-refractivity contribution is 5.96. The first-order valence-corrected chi connectivity index (χ1v) is 12.3. The highest BCUT2D eigenvalue weighted by atomic mass is 16.7. The van der Waals surface area contributed by atoms with E-state index in [1.807, 2.05) is 6.07 Å². The Labute approximate surface area is 205 Å². The van der Waals surface area contributed by atoms with E-state index in [4.69, 9.17) is 18.9 Å². The van der Waals surface area contributed by atoms with Gasteiger partial charge in [-0.1, -0.05) is 24.3 Å². The van der Waals surface area contributed by atoms with Crippen molar-refractivity contribution in [2.24, 2.45) is 17.8 Å². The maximum Gasteiger partial charge on any atom is 0.343 e. The molecule has 7 nitrogen and oxygen atoms in total. The maximum atomic E-state index is 13.0. The van der Waals surface area contributed by atoms with Crippen LogP contribution in [0.5, 0.6) is 11.5 Å². The molecule has 186 valence electrons. The molecule has 4 fully saturated rings. The predicted molar refractivity (Wildman–Crippen MR) is 128 cm³/mol. The quantitative estimate of drug-likeness (QED) is 0.291. The minimum atomic E-state index is -1.19. The summed E-state index contributed by atoms with van der Waals surface area (Å²) in [4.78, 5) is 25.2. The molecule has 0 amide bonds. The molecule has 0 aliphatic heterocycles. The van der Waals surface area contributed by atoms with Crippen LogP contribution in [0.1, 0.15) is 71.7 Å². The Hall–Kier alpha value is -2.90. The molecule has 0 spiro atoms. The smallest absolute Gasteiger partial charge is 0.343 e. The van der Waals surface area contributed by atoms with Gasteiger partial charge in [0.25, 0.3) is 0 Å². The van der Waals surface area contributed by atoms with Gasteiger partial charge in [-0.2, -0.15) is 0 Å². The number of ether oxygens (including phenoxy) is 4. The Balaban J connectivity index is 1.57. The number of carbonyl (C=O) groups excluding carboxylic acids is 1. The van der Waals surface area contributed by atoms with Crippen molar-refractivity contribution in [3.05, 3.63) is 59.2 Å². The summed E-state index contributed by atoms with van der Waals surface area (Å²) < 4.78 is 22.6. The number of hydrogen-bond acceptors (Lipinski definition) is 6. The van der Waals surface area contributed by atoms with Crippen molar-refractivity contribution in [3.8, 4) is 11.5 Å². The molecule has 35 heavy (non-hydrogen) atoms. The van der Waals surface area contributed by atoms with Gasteiger partial charge in [-0.15, -0.1) is 0 Å². The van der Waals surface area contributed by atoms with Crippen molar-refractivity contribution < 1.29 is 33.6 Å². The zero-order valence-electron chi connectivity index (χ0n) is 20.2. The van der Waals surface area contributed by atoms with E-state index in [0.29, 0.717) is 29.1 Å². The molecule has 6 rings (SSSR count). The number of carboxylic acid groups (broad SMARTS) is 1. The highest BCUT2D eigenvalue weighted by Crippen LogP contribution is 2.62. The molecule has 0 radical (unpaired) electrons. The van der Waals surface area contributed by atoms with Crippen LogP contribution in [0.4, 0.5) is 0 Å². The fraction of sp³-hybridized carbons (Fsp3) is 0.500. The summed E-state index contributed by atoms with van der Waals surface area (Å²) in [7, 11) is 1.53. The van der Waals surface area contributed by atoms with E-state index in [0.717, 1.165) is 24.8 Å². The summed E-state index contributed by atoms with van der Waals surface area (Å²) in [6.07, 6.45) is 6.44. The van der Waals surface area contributed by atoms with E-state index in [-0.39, 0.29) is 23.5 Å². The van der Waals surface area contributed by atoms with Gasteiger partial charge in [0.1, 0.15) is 5.56 Å². The number of carboxylic acids is 1. The van der Waals surface area contributed by atoms with Gasteiger partial charge in [0.2, 0.25) is 0 Å². The van der Waals surface area contributed by atoms with Crippen LogP contribution < -0.4 is 9.47 Å². The van der Waals surface area contributed by atoms with Crippen LogP contribution in [0.3, 0.4) is 0 Å². The number of hydrogen-bond donors (Lipinski definition) is 1. The second kappa shape index (κ2) is 9.63. The Morgan fingerprint density at radius 3 is 2.17 bits per heavy atom. The van der Waals surface area contributed by atoms with Gasteiger partial charge in [0.05, 0.1) is 5.56 Å². The van der Waals surface area contributed by atoms with Crippen LogP contribution in [0.2, 0.25) is 0 Å². The summed E-state index contributed by atoms with van der Waals surface area (Å²) in [6, 6.07) is 12.0. The average Bonchev–Trinajstić information content (AvgIpc) is 2.84. The zero-order valence-corrected chi connectivity index (χ0v) is 20.2. The first-order chi connectivity index (χ1) is 16.9. The van der Waals surface area contributed by atoms with Crippen molar-refractivity contribution in [2.45, 2.75) is 57.2 Å². The molecule has 7 heteroatoms. The van der Waals surface area contributed by atoms with Crippen LogP contribution in [-0.2, 0) is 14.9 Å². The minimum absolute atomic E-state index is 0.0618. The first kappa shape index (κ1) is 23.8. The van der Waals surface area contributed by atoms with Gasteiger partial charge < -0.3 is 24.1 Å². The largest absolute Gasteiger partial charge is 0.478 e. The molecule has 2 aromatic rings. The van der Waals surface area contributed by atoms with Gasteiger partial charge in [0, 0.05) is 12.7 Å². The van der Waals surface area contributed by atoms with Crippen LogP contribution >= 0.6 is 0 Å². The van der Waals surface area contributed by atoms with E-state index < -0.39 is 18.2 Å². The number of carbonyl (C=O) groups is 2. The van der Waals surface area contributed by atoms with E-state index in [1.54, 1.807) is 43.3 Å². The second-order valence-electron chi connectivity index (χ2n) is 10.3. The maximum absolute atomic E-state index is 13.0. The molecule has 1 atom stereocenters. The van der Waals surface area contributed by atoms with Crippen molar-refractivity contribution in [3.63, 3.8) is 0 Å². The molecule has 4 bridgehead atoms. The predicted octanol–water partition coefficient (Wildman–Crippen LogP) is 5.42. The van der Waals surface area contributed by atoms with E-state index in [1.165, 1.54) is 26.4 Å². The summed E-state index contributed by atoms with van der Waals surface area (Å²) in [6.45, 7) is 1.58. The number of rotatable bonds is 9. The number of aromatic carboxylic acids is 1. The lowest BCUT2D eigenvalue weighted by Gasteiger charge is -2.57. The second-order valence-corrected chi connectivity index (χ2v) is 10.3. The molecular formula is C28H32O7. The van der Waals surface area contributed by atoms with Gasteiger partial charge in [-0.3, -0.25) is 0 Å².